The van der Waals surface area contributed by atoms with Crippen LogP contribution >= 0.6 is 0 Å². The van der Waals surface area contributed by atoms with Crippen LogP contribution in [-0.2, 0) is 0 Å². The van der Waals surface area contributed by atoms with Crippen LogP contribution in [0.25, 0.3) is 0 Å². The van der Waals surface area contributed by atoms with Crippen molar-refractivity contribution < 1.29 is 23.5 Å². The monoisotopic (exact) mass is 307 g/mol. The molecule has 0 amide bonds. The molecule has 22 heavy (non-hydrogen) atoms. The van der Waals surface area contributed by atoms with Crippen LogP contribution in [0.1, 0.15) is 0 Å². The molecule has 2 aromatic rings. The summed E-state index contributed by atoms with van der Waals surface area (Å²) in [5, 5.41) is 10.7. The van der Waals surface area contributed by atoms with Crippen molar-refractivity contribution in [3.05, 3.63) is 58.4 Å². The zero-order valence-corrected chi connectivity index (χ0v) is 11.8. The highest BCUT2D eigenvalue weighted by Crippen LogP contribution is 2.31. The Balaban J connectivity index is 1.92. The number of non-ortho nitro benzene ring substituents is 1. The quantitative estimate of drug-likeness (QED) is 0.446. The van der Waals surface area contributed by atoms with Crippen LogP contribution in [0.5, 0.6) is 17.2 Å². The van der Waals surface area contributed by atoms with Gasteiger partial charge in [0.15, 0.2) is 23.1 Å². The molecule has 0 radical (unpaired) electrons. The molecule has 116 valence electrons. The lowest BCUT2D eigenvalue weighted by Gasteiger charge is -2.11. The van der Waals surface area contributed by atoms with Gasteiger partial charge in [-0.1, -0.05) is 12.1 Å². The van der Waals surface area contributed by atoms with Gasteiger partial charge in [-0.05, 0) is 18.2 Å². The molecule has 2 aromatic carbocycles. The molecular formula is C15H14FNO5. The Morgan fingerprint density at radius 2 is 1.73 bits per heavy atom. The van der Waals surface area contributed by atoms with Crippen LogP contribution in [-0.4, -0.2) is 25.2 Å². The minimum absolute atomic E-state index is 0.0909. The van der Waals surface area contributed by atoms with Crippen molar-refractivity contribution in [1.29, 1.82) is 0 Å². The third kappa shape index (κ3) is 3.85. The highest BCUT2D eigenvalue weighted by Gasteiger charge is 2.12. The minimum atomic E-state index is -0.520. The highest BCUT2D eigenvalue weighted by molar-refractivity contribution is 5.48. The highest BCUT2D eigenvalue weighted by atomic mass is 19.1. The first-order chi connectivity index (χ1) is 10.6. The van der Waals surface area contributed by atoms with E-state index in [1.165, 1.54) is 37.4 Å². The van der Waals surface area contributed by atoms with Gasteiger partial charge in [-0.25, -0.2) is 4.39 Å². The number of hydrogen-bond donors (Lipinski definition) is 0. The van der Waals surface area contributed by atoms with Crippen LogP contribution in [0.2, 0.25) is 0 Å². The number of methoxy groups -OCH3 is 1. The van der Waals surface area contributed by atoms with E-state index in [2.05, 4.69) is 0 Å². The largest absolute Gasteiger partial charge is 0.493 e. The topological polar surface area (TPSA) is 70.8 Å². The average molecular weight is 307 g/mol. The summed E-state index contributed by atoms with van der Waals surface area (Å²) < 4.78 is 29.0. The number of nitrogens with zero attached hydrogens (tertiary/aromatic N) is 1. The van der Waals surface area contributed by atoms with E-state index in [1.807, 2.05) is 0 Å². The van der Waals surface area contributed by atoms with E-state index >= 15 is 0 Å². The van der Waals surface area contributed by atoms with Crippen LogP contribution in [0.3, 0.4) is 0 Å². The first-order valence-electron chi connectivity index (χ1n) is 6.44. The molecule has 0 unspecified atom stereocenters. The van der Waals surface area contributed by atoms with E-state index in [0.29, 0.717) is 5.75 Å². The fraction of sp³-hybridized carbons (Fsp3) is 0.200. The Hall–Kier alpha value is -2.83. The van der Waals surface area contributed by atoms with Crippen molar-refractivity contribution in [3.8, 4) is 17.2 Å². The van der Waals surface area contributed by atoms with Gasteiger partial charge >= 0.3 is 0 Å². The van der Waals surface area contributed by atoms with E-state index < -0.39 is 10.7 Å². The van der Waals surface area contributed by atoms with Gasteiger partial charge in [-0.3, -0.25) is 10.1 Å². The molecule has 0 bridgehead atoms. The number of ether oxygens (including phenoxy) is 3. The summed E-state index contributed by atoms with van der Waals surface area (Å²) in [4.78, 5) is 10.2. The number of nitro groups is 1. The van der Waals surface area contributed by atoms with Gasteiger partial charge in [0.1, 0.15) is 13.2 Å². The molecule has 0 spiro atoms. The molecule has 0 atom stereocenters. The van der Waals surface area contributed by atoms with Crippen LogP contribution in [0.4, 0.5) is 10.1 Å². The van der Waals surface area contributed by atoms with Crippen molar-refractivity contribution in [2.24, 2.45) is 0 Å². The summed E-state index contributed by atoms with van der Waals surface area (Å²) >= 11 is 0. The molecule has 0 N–H and O–H groups in total. The van der Waals surface area contributed by atoms with Gasteiger partial charge in [0.2, 0.25) is 0 Å². The number of rotatable bonds is 7. The first-order valence-corrected chi connectivity index (χ1v) is 6.44. The second-order valence-corrected chi connectivity index (χ2v) is 4.22. The van der Waals surface area contributed by atoms with Gasteiger partial charge in [0.25, 0.3) is 5.69 Å². The molecule has 0 heterocycles. The Morgan fingerprint density at radius 1 is 1.05 bits per heavy atom. The van der Waals surface area contributed by atoms with Crippen LogP contribution in [0, 0.1) is 15.9 Å². The fourth-order valence-corrected chi connectivity index (χ4v) is 1.75. The van der Waals surface area contributed by atoms with Gasteiger partial charge in [0, 0.05) is 6.07 Å². The molecule has 2 rings (SSSR count). The van der Waals surface area contributed by atoms with E-state index in [-0.39, 0.29) is 30.4 Å². The SMILES string of the molecule is COc1cc([N+](=O)[O-])ccc1OCCOc1ccccc1F. The number of hydrogen-bond acceptors (Lipinski definition) is 5. The first kappa shape index (κ1) is 15.6. The maximum atomic E-state index is 13.3. The van der Waals surface area contributed by atoms with E-state index in [0.717, 1.165) is 0 Å². The van der Waals surface area contributed by atoms with Crippen LogP contribution in [0.15, 0.2) is 42.5 Å². The van der Waals surface area contributed by atoms with Gasteiger partial charge in [0.05, 0.1) is 18.1 Å². The molecule has 0 saturated carbocycles. The average Bonchev–Trinajstić information content (AvgIpc) is 2.53. The molecule has 7 heteroatoms. The maximum Gasteiger partial charge on any atom is 0.273 e. The van der Waals surface area contributed by atoms with E-state index in [9.17, 15) is 14.5 Å². The summed E-state index contributed by atoms with van der Waals surface area (Å²) in [7, 11) is 1.39. The molecule has 0 aliphatic carbocycles. The lowest BCUT2D eigenvalue weighted by atomic mass is 10.3. The summed E-state index contributed by atoms with van der Waals surface area (Å²) in [6.07, 6.45) is 0. The number of nitro benzene ring substituents is 1. The normalized spacial score (nSPS) is 10.1. The van der Waals surface area contributed by atoms with E-state index in [4.69, 9.17) is 14.2 Å². The third-order valence-electron chi connectivity index (χ3n) is 2.79. The minimum Gasteiger partial charge on any atom is -0.493 e. The zero-order valence-electron chi connectivity index (χ0n) is 11.8. The van der Waals surface area contributed by atoms with Gasteiger partial charge in [-0.15, -0.1) is 0 Å². The lowest BCUT2D eigenvalue weighted by Crippen LogP contribution is -2.10. The number of para-hydroxylation sites is 1. The summed E-state index contributed by atoms with van der Waals surface area (Å²) in [5.41, 5.74) is -0.0909. The van der Waals surface area contributed by atoms with E-state index in [1.54, 1.807) is 12.1 Å². The molecule has 0 aromatic heterocycles. The van der Waals surface area contributed by atoms with Crippen LogP contribution < -0.4 is 14.2 Å². The standard InChI is InChI=1S/C15H14FNO5/c1-20-15-10-11(17(18)19)6-7-14(15)22-9-8-21-13-5-3-2-4-12(13)16/h2-7,10H,8-9H2,1H3. The predicted octanol–water partition coefficient (Wildman–Crippen LogP) is 3.20. The van der Waals surface area contributed by atoms with Crippen molar-refractivity contribution in [2.75, 3.05) is 20.3 Å². The molecule has 0 fully saturated rings. The predicted molar refractivity (Wildman–Crippen MR) is 77.0 cm³/mol. The summed E-state index contributed by atoms with van der Waals surface area (Å²) in [6.45, 7) is 0.267. The third-order valence-corrected chi connectivity index (χ3v) is 2.79. The Morgan fingerprint density at radius 3 is 2.36 bits per heavy atom. The Bertz CT molecular complexity index is 662. The lowest BCUT2D eigenvalue weighted by molar-refractivity contribution is -0.384. The van der Waals surface area contributed by atoms with Gasteiger partial charge in [-0.2, -0.15) is 0 Å². The summed E-state index contributed by atoms with van der Waals surface area (Å²) in [6, 6.07) is 10.1. The van der Waals surface area contributed by atoms with Crippen molar-refractivity contribution in [2.45, 2.75) is 0 Å². The van der Waals surface area contributed by atoms with Crippen molar-refractivity contribution >= 4 is 5.69 Å². The Kier molecular flexibility index (Phi) is 5.13. The van der Waals surface area contributed by atoms with Gasteiger partial charge < -0.3 is 14.2 Å². The molecule has 0 saturated heterocycles. The molecule has 6 nitrogen and oxygen atoms in total. The molecular weight excluding hydrogens is 293 g/mol. The zero-order chi connectivity index (χ0) is 15.9. The number of halogens is 1. The summed E-state index contributed by atoms with van der Waals surface area (Å²) in [5.74, 6) is 0.294. The number of benzene rings is 2. The molecule has 0 aliphatic heterocycles. The van der Waals surface area contributed by atoms with Crippen molar-refractivity contribution in [3.63, 3.8) is 0 Å². The maximum absolute atomic E-state index is 13.3. The second kappa shape index (κ2) is 7.26. The Labute approximate surface area is 126 Å². The smallest absolute Gasteiger partial charge is 0.273 e. The fourth-order valence-electron chi connectivity index (χ4n) is 1.75. The second-order valence-electron chi connectivity index (χ2n) is 4.22. The molecule has 0 aliphatic rings. The van der Waals surface area contributed by atoms with Crippen molar-refractivity contribution in [1.82, 2.24) is 0 Å².